The molecule has 2 N–H and O–H groups in total. The molecule has 0 saturated heterocycles. The van der Waals surface area contributed by atoms with Gasteiger partial charge >= 0.3 is 0 Å². The third-order valence-electron chi connectivity index (χ3n) is 3.42. The highest BCUT2D eigenvalue weighted by molar-refractivity contribution is 5.09. The van der Waals surface area contributed by atoms with Gasteiger partial charge < -0.3 is 5.73 Å². The van der Waals surface area contributed by atoms with Gasteiger partial charge in [-0.05, 0) is 37.7 Å². The van der Waals surface area contributed by atoms with E-state index in [2.05, 4.69) is 23.8 Å². The molecule has 0 spiro atoms. The van der Waals surface area contributed by atoms with E-state index in [1.807, 2.05) is 12.3 Å². The van der Waals surface area contributed by atoms with Crippen molar-refractivity contribution in [3.63, 3.8) is 0 Å². The van der Waals surface area contributed by atoms with Gasteiger partial charge in [-0.1, -0.05) is 13.8 Å². The Labute approximate surface area is 97.5 Å². The molecule has 0 aliphatic heterocycles. The van der Waals surface area contributed by atoms with Gasteiger partial charge in [0.25, 0.3) is 0 Å². The first-order valence-electron chi connectivity index (χ1n) is 6.25. The highest BCUT2D eigenvalue weighted by atomic mass is 14.9. The summed E-state index contributed by atoms with van der Waals surface area (Å²) in [7, 11) is 0. The van der Waals surface area contributed by atoms with Crippen molar-refractivity contribution in [1.29, 1.82) is 0 Å². The molecular formula is C13H21N3. The lowest BCUT2D eigenvalue weighted by Gasteiger charge is -2.25. The zero-order valence-electron chi connectivity index (χ0n) is 10.2. The molecule has 0 atom stereocenters. The second kappa shape index (κ2) is 4.91. The van der Waals surface area contributed by atoms with Gasteiger partial charge in [0.2, 0.25) is 0 Å². The summed E-state index contributed by atoms with van der Waals surface area (Å²) in [5, 5.41) is 0. The molecule has 1 saturated carbocycles. The van der Waals surface area contributed by atoms with Crippen molar-refractivity contribution in [1.82, 2.24) is 9.97 Å². The van der Waals surface area contributed by atoms with Crippen LogP contribution in [-0.2, 0) is 0 Å². The Morgan fingerprint density at radius 1 is 1.25 bits per heavy atom. The Morgan fingerprint density at radius 2 is 1.94 bits per heavy atom. The summed E-state index contributed by atoms with van der Waals surface area (Å²) in [5.41, 5.74) is 7.07. The predicted octanol–water partition coefficient (Wildman–Crippen LogP) is 2.58. The topological polar surface area (TPSA) is 51.8 Å². The van der Waals surface area contributed by atoms with Gasteiger partial charge in [-0.25, -0.2) is 9.97 Å². The molecule has 1 aliphatic carbocycles. The molecule has 1 fully saturated rings. The fourth-order valence-corrected chi connectivity index (χ4v) is 2.28. The van der Waals surface area contributed by atoms with E-state index in [0.717, 1.165) is 37.2 Å². The molecule has 16 heavy (non-hydrogen) atoms. The van der Waals surface area contributed by atoms with Crippen molar-refractivity contribution in [3.05, 3.63) is 23.8 Å². The van der Waals surface area contributed by atoms with Crippen LogP contribution < -0.4 is 5.73 Å². The maximum Gasteiger partial charge on any atom is 0.131 e. The number of hydrogen-bond donors (Lipinski definition) is 1. The van der Waals surface area contributed by atoms with Crippen molar-refractivity contribution in [2.24, 2.45) is 5.73 Å². The van der Waals surface area contributed by atoms with E-state index in [1.165, 1.54) is 0 Å². The summed E-state index contributed by atoms with van der Waals surface area (Å²) in [5.74, 6) is 2.03. The van der Waals surface area contributed by atoms with Crippen molar-refractivity contribution in [3.8, 4) is 0 Å². The van der Waals surface area contributed by atoms with E-state index in [0.29, 0.717) is 17.9 Å². The molecular weight excluding hydrogens is 198 g/mol. The number of nitrogens with zero attached hydrogens (tertiary/aromatic N) is 2. The van der Waals surface area contributed by atoms with E-state index < -0.39 is 0 Å². The van der Waals surface area contributed by atoms with Crippen molar-refractivity contribution in [2.75, 3.05) is 0 Å². The molecule has 88 valence electrons. The number of nitrogens with two attached hydrogens (primary N) is 1. The number of aromatic nitrogens is 2. The zero-order valence-corrected chi connectivity index (χ0v) is 10.2. The quantitative estimate of drug-likeness (QED) is 0.831. The van der Waals surface area contributed by atoms with Gasteiger partial charge in [-0.3, -0.25) is 0 Å². The molecule has 1 aliphatic rings. The van der Waals surface area contributed by atoms with Gasteiger partial charge in [0.15, 0.2) is 0 Å². The van der Waals surface area contributed by atoms with Crippen LogP contribution in [0.5, 0.6) is 0 Å². The fourth-order valence-electron chi connectivity index (χ4n) is 2.28. The van der Waals surface area contributed by atoms with E-state index in [-0.39, 0.29) is 0 Å². The molecule has 1 heterocycles. The Balaban J connectivity index is 2.11. The van der Waals surface area contributed by atoms with Crippen LogP contribution in [0.15, 0.2) is 12.3 Å². The van der Waals surface area contributed by atoms with Crippen molar-refractivity contribution >= 4 is 0 Å². The highest BCUT2D eigenvalue weighted by Gasteiger charge is 2.22. The van der Waals surface area contributed by atoms with Crippen LogP contribution in [0.2, 0.25) is 0 Å². The molecule has 0 aromatic carbocycles. The largest absolute Gasteiger partial charge is 0.328 e. The van der Waals surface area contributed by atoms with Crippen molar-refractivity contribution in [2.45, 2.75) is 57.4 Å². The number of rotatable bonds is 2. The minimum atomic E-state index is 0.393. The summed E-state index contributed by atoms with van der Waals surface area (Å²) < 4.78 is 0. The molecule has 1 aromatic heterocycles. The molecule has 0 unspecified atom stereocenters. The summed E-state index contributed by atoms with van der Waals surface area (Å²) in [4.78, 5) is 9.09. The first-order chi connectivity index (χ1) is 7.66. The second-order valence-corrected chi connectivity index (χ2v) is 5.11. The Morgan fingerprint density at radius 3 is 2.56 bits per heavy atom. The maximum atomic E-state index is 5.91. The minimum Gasteiger partial charge on any atom is -0.328 e. The molecule has 1 aromatic rings. The van der Waals surface area contributed by atoms with E-state index in [4.69, 9.17) is 5.73 Å². The molecule has 0 amide bonds. The minimum absolute atomic E-state index is 0.393. The molecule has 2 rings (SSSR count). The van der Waals surface area contributed by atoms with Gasteiger partial charge in [0.05, 0.1) is 0 Å². The van der Waals surface area contributed by atoms with Gasteiger partial charge in [0.1, 0.15) is 5.82 Å². The average Bonchev–Trinajstić information content (AvgIpc) is 2.30. The monoisotopic (exact) mass is 219 g/mol. The summed E-state index contributed by atoms with van der Waals surface area (Å²) in [6.07, 6.45) is 6.40. The predicted molar refractivity (Wildman–Crippen MR) is 65.3 cm³/mol. The SMILES string of the molecule is CC(C)c1ccnc(C2CCC(N)CC2)n1. The van der Waals surface area contributed by atoms with Gasteiger partial charge in [-0.2, -0.15) is 0 Å². The van der Waals surface area contributed by atoms with Crippen LogP contribution >= 0.6 is 0 Å². The fraction of sp³-hybridized carbons (Fsp3) is 0.692. The first-order valence-corrected chi connectivity index (χ1v) is 6.25. The van der Waals surface area contributed by atoms with Crippen LogP contribution in [0.3, 0.4) is 0 Å². The number of hydrogen-bond acceptors (Lipinski definition) is 3. The molecule has 3 heteroatoms. The second-order valence-electron chi connectivity index (χ2n) is 5.11. The van der Waals surface area contributed by atoms with Crippen LogP contribution in [0.25, 0.3) is 0 Å². The molecule has 0 radical (unpaired) electrons. The molecule has 3 nitrogen and oxygen atoms in total. The first kappa shape index (κ1) is 11.5. The lowest BCUT2D eigenvalue weighted by Crippen LogP contribution is -2.26. The average molecular weight is 219 g/mol. The maximum absolute atomic E-state index is 5.91. The van der Waals surface area contributed by atoms with Crippen LogP contribution in [0, 0.1) is 0 Å². The Bertz CT molecular complexity index is 341. The Kier molecular flexibility index (Phi) is 3.54. The zero-order chi connectivity index (χ0) is 11.5. The standard InChI is InChI=1S/C13H21N3/c1-9(2)12-7-8-15-13(16-12)10-3-5-11(14)6-4-10/h7-11H,3-6,14H2,1-2H3. The third kappa shape index (κ3) is 2.59. The van der Waals surface area contributed by atoms with Crippen molar-refractivity contribution < 1.29 is 0 Å². The molecule has 0 bridgehead atoms. The Hall–Kier alpha value is -0.960. The van der Waals surface area contributed by atoms with E-state index >= 15 is 0 Å². The van der Waals surface area contributed by atoms with Crippen LogP contribution in [-0.4, -0.2) is 16.0 Å². The third-order valence-corrected chi connectivity index (χ3v) is 3.42. The normalized spacial score (nSPS) is 26.0. The van der Waals surface area contributed by atoms with E-state index in [9.17, 15) is 0 Å². The summed E-state index contributed by atoms with van der Waals surface area (Å²) in [6, 6.07) is 2.41. The summed E-state index contributed by atoms with van der Waals surface area (Å²) >= 11 is 0. The van der Waals surface area contributed by atoms with Gasteiger partial charge in [-0.15, -0.1) is 0 Å². The smallest absolute Gasteiger partial charge is 0.131 e. The van der Waals surface area contributed by atoms with E-state index in [1.54, 1.807) is 0 Å². The van der Waals surface area contributed by atoms with Crippen LogP contribution in [0.4, 0.5) is 0 Å². The van der Waals surface area contributed by atoms with Crippen LogP contribution in [0.1, 0.15) is 62.9 Å². The highest BCUT2D eigenvalue weighted by Crippen LogP contribution is 2.30. The summed E-state index contributed by atoms with van der Waals surface area (Å²) in [6.45, 7) is 4.34. The van der Waals surface area contributed by atoms with Gasteiger partial charge in [0, 0.05) is 23.9 Å². The lowest BCUT2D eigenvalue weighted by atomic mass is 9.86. The lowest BCUT2D eigenvalue weighted by molar-refractivity contribution is 0.384.